The van der Waals surface area contributed by atoms with Crippen LogP contribution in [-0.2, 0) is 0 Å². The molecule has 0 aromatic heterocycles. The number of ether oxygens (including phenoxy) is 1. The third-order valence-corrected chi connectivity index (χ3v) is 7.49. The fourth-order valence-electron chi connectivity index (χ4n) is 5.39. The third kappa shape index (κ3) is 4.94. The minimum absolute atomic E-state index is 0.421. The second-order valence-electron chi connectivity index (χ2n) is 10.1. The Bertz CT molecular complexity index is 2030. The molecule has 0 aliphatic carbocycles. The lowest BCUT2D eigenvalue weighted by Gasteiger charge is -2.25. The summed E-state index contributed by atoms with van der Waals surface area (Å²) in [5.41, 5.74) is 7.06. The first-order valence-corrected chi connectivity index (χ1v) is 13.7. The van der Waals surface area contributed by atoms with Gasteiger partial charge in [-0.3, -0.25) is 0 Å². The minimum atomic E-state index is 0.421. The molecule has 0 aliphatic rings. The molecule has 0 fully saturated rings. The second kappa shape index (κ2) is 11.3. The van der Waals surface area contributed by atoms with Crippen LogP contribution >= 0.6 is 0 Å². The largest absolute Gasteiger partial charge is 0.497 e. The Balaban J connectivity index is 1.34. The first-order valence-electron chi connectivity index (χ1n) is 13.7. The van der Waals surface area contributed by atoms with Crippen molar-refractivity contribution in [3.8, 4) is 17.9 Å². The van der Waals surface area contributed by atoms with Crippen molar-refractivity contribution >= 4 is 50.8 Å². The molecule has 0 radical (unpaired) electrons. The van der Waals surface area contributed by atoms with Gasteiger partial charge in [-0.25, -0.2) is 0 Å². The number of aryl methyl sites for hydroxylation is 1. The van der Waals surface area contributed by atoms with Gasteiger partial charge in [-0.1, -0.05) is 78.4 Å². The monoisotopic (exact) mass is 541 g/mol. The highest BCUT2D eigenvalue weighted by atomic mass is 16.5. The molecule has 6 aromatic rings. The quantitative estimate of drug-likeness (QED) is 0.156. The summed E-state index contributed by atoms with van der Waals surface area (Å²) < 4.78 is 5.35. The Hall–Kier alpha value is -5.84. The summed E-state index contributed by atoms with van der Waals surface area (Å²) in [4.78, 5) is 2.21. The van der Waals surface area contributed by atoms with E-state index in [1.807, 2.05) is 73.7 Å². The van der Waals surface area contributed by atoms with Crippen molar-refractivity contribution in [3.05, 3.63) is 143 Å². The normalized spacial score (nSPS) is 11.0. The van der Waals surface area contributed by atoms with E-state index in [-0.39, 0.29) is 0 Å². The van der Waals surface area contributed by atoms with Crippen LogP contribution in [0.25, 0.3) is 33.7 Å². The van der Waals surface area contributed by atoms with E-state index < -0.39 is 0 Å². The number of anilines is 3. The average Bonchev–Trinajstić information content (AvgIpc) is 3.04. The highest BCUT2D eigenvalue weighted by Crippen LogP contribution is 2.36. The summed E-state index contributed by atoms with van der Waals surface area (Å²) in [5.74, 6) is 0.815. The highest BCUT2D eigenvalue weighted by Gasteiger charge is 2.15. The van der Waals surface area contributed by atoms with Gasteiger partial charge in [-0.05, 0) is 83.4 Å². The van der Waals surface area contributed by atoms with Crippen LogP contribution in [0.4, 0.5) is 17.1 Å². The van der Waals surface area contributed by atoms with Crippen molar-refractivity contribution < 1.29 is 4.74 Å². The predicted molar refractivity (Wildman–Crippen MR) is 172 cm³/mol. The van der Waals surface area contributed by atoms with Crippen LogP contribution in [0.15, 0.2) is 115 Å². The van der Waals surface area contributed by atoms with Crippen molar-refractivity contribution in [2.75, 3.05) is 12.0 Å². The molecule has 6 rings (SSSR count). The number of nitriles is 2. The molecule has 0 atom stereocenters. The molecule has 0 unspecified atom stereocenters. The van der Waals surface area contributed by atoms with E-state index in [1.165, 1.54) is 0 Å². The maximum absolute atomic E-state index is 10.0. The van der Waals surface area contributed by atoms with E-state index in [9.17, 15) is 10.5 Å². The molecule has 6 aromatic carbocycles. The number of methoxy groups -OCH3 is 1. The molecule has 200 valence electrons. The molecular weight excluding hydrogens is 514 g/mol. The number of para-hydroxylation sites is 1. The first-order chi connectivity index (χ1) is 20.6. The van der Waals surface area contributed by atoms with Gasteiger partial charge in [-0.15, -0.1) is 0 Å². The summed E-state index contributed by atoms with van der Waals surface area (Å²) in [6.07, 6.45) is 4.10. The van der Waals surface area contributed by atoms with E-state index in [1.54, 1.807) is 7.11 Å². The number of hydrogen-bond acceptors (Lipinski definition) is 4. The Labute approximate surface area is 245 Å². The second-order valence-corrected chi connectivity index (χ2v) is 10.1. The number of nitrogens with zero attached hydrogens (tertiary/aromatic N) is 3. The van der Waals surface area contributed by atoms with Crippen LogP contribution < -0.4 is 9.64 Å². The van der Waals surface area contributed by atoms with E-state index >= 15 is 0 Å². The van der Waals surface area contributed by atoms with Gasteiger partial charge >= 0.3 is 0 Å². The molecule has 0 amide bonds. The summed E-state index contributed by atoms with van der Waals surface area (Å²) in [6, 6.07) is 43.5. The molecule has 42 heavy (non-hydrogen) atoms. The van der Waals surface area contributed by atoms with Crippen LogP contribution in [0.3, 0.4) is 0 Å². The minimum Gasteiger partial charge on any atom is -0.497 e. The Kier molecular flexibility index (Phi) is 7.12. The Morgan fingerprint density at radius 1 is 0.571 bits per heavy atom. The van der Waals surface area contributed by atoms with Gasteiger partial charge in [0.2, 0.25) is 0 Å². The number of benzene rings is 6. The van der Waals surface area contributed by atoms with Gasteiger partial charge in [-0.2, -0.15) is 10.5 Å². The predicted octanol–water partition coefficient (Wildman–Crippen LogP) is 9.69. The fraction of sp³-hybridized carbons (Fsp3) is 0.0526. The van der Waals surface area contributed by atoms with Crippen LogP contribution in [-0.4, -0.2) is 7.11 Å². The molecule has 0 aliphatic heterocycles. The zero-order valence-corrected chi connectivity index (χ0v) is 23.4. The molecule has 0 heterocycles. The Morgan fingerprint density at radius 3 is 1.71 bits per heavy atom. The maximum atomic E-state index is 10.0. The van der Waals surface area contributed by atoms with E-state index in [2.05, 4.69) is 77.7 Å². The zero-order valence-electron chi connectivity index (χ0n) is 23.4. The molecule has 0 spiro atoms. The first kappa shape index (κ1) is 26.4. The van der Waals surface area contributed by atoms with Crippen LogP contribution in [0, 0.1) is 29.6 Å². The standard InChI is InChI=1S/C38H27N3O/c1-26-8-20-33-34-21-13-28(23-36(34)38(25-40)37(24-39)35(33)22-26)10-9-27-11-14-30(15-12-27)41(29-6-4-3-5-7-29)31-16-18-32(42-2)19-17-31/h3-23H,1-2H3. The molecule has 4 nitrogen and oxygen atoms in total. The molecule has 0 saturated heterocycles. The van der Waals surface area contributed by atoms with Crippen molar-refractivity contribution in [3.63, 3.8) is 0 Å². The molecule has 0 saturated carbocycles. The summed E-state index contributed by atoms with van der Waals surface area (Å²) in [6.45, 7) is 2.00. The molecular formula is C38H27N3O. The Morgan fingerprint density at radius 2 is 1.10 bits per heavy atom. The lowest BCUT2D eigenvalue weighted by Crippen LogP contribution is -2.09. The van der Waals surface area contributed by atoms with Gasteiger partial charge < -0.3 is 9.64 Å². The van der Waals surface area contributed by atoms with Gasteiger partial charge in [0.15, 0.2) is 0 Å². The lowest BCUT2D eigenvalue weighted by molar-refractivity contribution is 0.415. The number of rotatable bonds is 6. The summed E-state index contributed by atoms with van der Waals surface area (Å²) >= 11 is 0. The number of fused-ring (bicyclic) bond motifs is 3. The van der Waals surface area contributed by atoms with E-state index in [0.717, 1.165) is 61.0 Å². The van der Waals surface area contributed by atoms with Gasteiger partial charge in [0.25, 0.3) is 0 Å². The van der Waals surface area contributed by atoms with E-state index in [0.29, 0.717) is 11.1 Å². The lowest BCUT2D eigenvalue weighted by atomic mass is 9.91. The van der Waals surface area contributed by atoms with E-state index in [4.69, 9.17) is 4.74 Å². The molecule has 0 N–H and O–H groups in total. The fourth-order valence-corrected chi connectivity index (χ4v) is 5.39. The summed E-state index contributed by atoms with van der Waals surface area (Å²) in [7, 11) is 1.67. The average molecular weight is 542 g/mol. The van der Waals surface area contributed by atoms with Crippen molar-refractivity contribution in [1.82, 2.24) is 0 Å². The molecule has 4 heteroatoms. The van der Waals surface area contributed by atoms with Crippen molar-refractivity contribution in [2.24, 2.45) is 0 Å². The van der Waals surface area contributed by atoms with Gasteiger partial charge in [0.05, 0.1) is 18.2 Å². The van der Waals surface area contributed by atoms with Crippen molar-refractivity contribution in [2.45, 2.75) is 6.92 Å². The van der Waals surface area contributed by atoms with Crippen molar-refractivity contribution in [1.29, 1.82) is 10.5 Å². The highest BCUT2D eigenvalue weighted by molar-refractivity contribution is 6.13. The SMILES string of the molecule is COc1ccc(N(c2ccccc2)c2ccc(C=Cc3ccc4c(c3)c(C#N)c(C#N)c3cc(C)ccc34)cc2)cc1. The van der Waals surface area contributed by atoms with Gasteiger partial charge in [0.1, 0.15) is 17.9 Å². The van der Waals surface area contributed by atoms with Gasteiger partial charge in [0, 0.05) is 27.8 Å². The number of hydrogen-bond donors (Lipinski definition) is 0. The zero-order chi connectivity index (χ0) is 29.1. The molecule has 0 bridgehead atoms. The smallest absolute Gasteiger partial charge is 0.119 e. The van der Waals surface area contributed by atoms with Crippen LogP contribution in [0.1, 0.15) is 27.8 Å². The van der Waals surface area contributed by atoms with Crippen LogP contribution in [0.5, 0.6) is 5.75 Å². The van der Waals surface area contributed by atoms with Crippen LogP contribution in [0.2, 0.25) is 0 Å². The third-order valence-electron chi connectivity index (χ3n) is 7.49. The maximum Gasteiger partial charge on any atom is 0.119 e. The summed E-state index contributed by atoms with van der Waals surface area (Å²) in [5, 5.41) is 23.5. The topological polar surface area (TPSA) is 60.0 Å².